The Bertz CT molecular complexity index is 301. The van der Waals surface area contributed by atoms with Crippen molar-refractivity contribution in [2.24, 2.45) is 11.8 Å². The largest absolute Gasteiger partial charge is 0.389 e. The molecule has 1 rings (SSSR count). The maximum Gasteiger partial charge on any atom is 0.0723 e. The van der Waals surface area contributed by atoms with Crippen LogP contribution in [-0.4, -0.2) is 11.2 Å². The van der Waals surface area contributed by atoms with Gasteiger partial charge in [-0.1, -0.05) is 37.3 Å². The Morgan fingerprint density at radius 1 is 1.17 bits per heavy atom. The standard InChI is InChI=1S/C17H26O/c1-3-15(14-17(18)4-2)10-8-9-13-16-11-6-5-7-12-16/h3-4,15-18H,1-2,5-8,10-12,14H2/t15-,17-/m0/s1. The fraction of sp³-hybridized carbons (Fsp3) is 0.647. The summed E-state index contributed by atoms with van der Waals surface area (Å²) in [5.74, 6) is 7.69. The van der Waals surface area contributed by atoms with Crippen LogP contribution in [0.15, 0.2) is 25.3 Å². The average Bonchev–Trinajstić information content (AvgIpc) is 2.43. The summed E-state index contributed by atoms with van der Waals surface area (Å²) in [6.07, 6.45) is 12.4. The molecule has 0 heterocycles. The zero-order valence-corrected chi connectivity index (χ0v) is 11.4. The molecule has 0 aromatic rings. The van der Waals surface area contributed by atoms with Gasteiger partial charge in [-0.2, -0.15) is 0 Å². The zero-order valence-electron chi connectivity index (χ0n) is 11.4. The van der Waals surface area contributed by atoms with Crippen LogP contribution in [0.5, 0.6) is 0 Å². The quantitative estimate of drug-likeness (QED) is 0.553. The Morgan fingerprint density at radius 2 is 1.89 bits per heavy atom. The summed E-state index contributed by atoms with van der Waals surface area (Å²) in [5.41, 5.74) is 0. The van der Waals surface area contributed by atoms with E-state index < -0.39 is 6.10 Å². The lowest BCUT2D eigenvalue weighted by molar-refractivity contribution is 0.195. The van der Waals surface area contributed by atoms with Crippen molar-refractivity contribution in [3.63, 3.8) is 0 Å². The van der Waals surface area contributed by atoms with E-state index in [4.69, 9.17) is 0 Å². The molecular formula is C17H26O. The van der Waals surface area contributed by atoms with Crippen LogP contribution in [0, 0.1) is 23.7 Å². The monoisotopic (exact) mass is 246 g/mol. The Labute approximate surface area is 112 Å². The Balaban J connectivity index is 2.23. The fourth-order valence-electron chi connectivity index (χ4n) is 2.46. The number of rotatable bonds is 6. The van der Waals surface area contributed by atoms with Gasteiger partial charge in [0.1, 0.15) is 0 Å². The van der Waals surface area contributed by atoms with E-state index in [2.05, 4.69) is 25.0 Å². The van der Waals surface area contributed by atoms with Crippen LogP contribution in [0.25, 0.3) is 0 Å². The predicted molar refractivity (Wildman–Crippen MR) is 78.1 cm³/mol. The lowest BCUT2D eigenvalue weighted by atomic mass is 9.89. The molecule has 1 nitrogen and oxygen atoms in total. The molecule has 0 unspecified atom stereocenters. The van der Waals surface area contributed by atoms with Gasteiger partial charge < -0.3 is 5.11 Å². The molecule has 0 spiro atoms. The first kappa shape index (κ1) is 15.1. The molecular weight excluding hydrogens is 220 g/mol. The molecule has 18 heavy (non-hydrogen) atoms. The summed E-state index contributed by atoms with van der Waals surface area (Å²) >= 11 is 0. The Hall–Kier alpha value is -1.00. The second-order valence-electron chi connectivity index (χ2n) is 5.23. The minimum atomic E-state index is -0.417. The smallest absolute Gasteiger partial charge is 0.0723 e. The molecule has 1 aliphatic rings. The first-order valence-electron chi connectivity index (χ1n) is 7.17. The third-order valence-electron chi connectivity index (χ3n) is 3.70. The fourth-order valence-corrected chi connectivity index (χ4v) is 2.46. The van der Waals surface area contributed by atoms with Gasteiger partial charge in [0.25, 0.3) is 0 Å². The van der Waals surface area contributed by atoms with Crippen LogP contribution < -0.4 is 0 Å². The molecule has 0 aromatic heterocycles. The number of aliphatic hydroxyl groups is 1. The molecule has 1 saturated carbocycles. The third kappa shape index (κ3) is 6.07. The first-order valence-corrected chi connectivity index (χ1v) is 7.17. The molecule has 2 atom stereocenters. The van der Waals surface area contributed by atoms with E-state index in [1.54, 1.807) is 6.08 Å². The maximum absolute atomic E-state index is 9.52. The van der Waals surface area contributed by atoms with E-state index in [9.17, 15) is 5.11 Å². The van der Waals surface area contributed by atoms with Gasteiger partial charge >= 0.3 is 0 Å². The zero-order chi connectivity index (χ0) is 13.2. The van der Waals surface area contributed by atoms with Gasteiger partial charge in [-0.3, -0.25) is 0 Å². The van der Waals surface area contributed by atoms with Crippen molar-refractivity contribution in [2.75, 3.05) is 0 Å². The van der Waals surface area contributed by atoms with E-state index in [0.29, 0.717) is 11.8 Å². The van der Waals surface area contributed by atoms with Crippen molar-refractivity contribution in [3.8, 4) is 11.8 Å². The summed E-state index contributed by atoms with van der Waals surface area (Å²) in [4.78, 5) is 0. The van der Waals surface area contributed by atoms with Gasteiger partial charge in [0.05, 0.1) is 6.10 Å². The topological polar surface area (TPSA) is 20.2 Å². The molecule has 0 amide bonds. The van der Waals surface area contributed by atoms with Crippen LogP contribution in [0.3, 0.4) is 0 Å². The second-order valence-corrected chi connectivity index (χ2v) is 5.23. The van der Waals surface area contributed by atoms with Crippen molar-refractivity contribution in [1.29, 1.82) is 0 Å². The minimum Gasteiger partial charge on any atom is -0.389 e. The van der Waals surface area contributed by atoms with Crippen molar-refractivity contribution in [2.45, 2.75) is 57.5 Å². The maximum atomic E-state index is 9.52. The van der Waals surface area contributed by atoms with Crippen LogP contribution in [0.2, 0.25) is 0 Å². The first-order chi connectivity index (χ1) is 8.76. The number of hydrogen-bond donors (Lipinski definition) is 1. The molecule has 0 aromatic carbocycles. The summed E-state index contributed by atoms with van der Waals surface area (Å²) < 4.78 is 0. The van der Waals surface area contributed by atoms with Crippen LogP contribution in [0.1, 0.15) is 51.4 Å². The lowest BCUT2D eigenvalue weighted by Gasteiger charge is -2.16. The number of aliphatic hydroxyl groups excluding tert-OH is 1. The van der Waals surface area contributed by atoms with E-state index in [1.165, 1.54) is 32.1 Å². The van der Waals surface area contributed by atoms with Crippen LogP contribution >= 0.6 is 0 Å². The van der Waals surface area contributed by atoms with E-state index >= 15 is 0 Å². The Morgan fingerprint density at radius 3 is 2.50 bits per heavy atom. The van der Waals surface area contributed by atoms with Gasteiger partial charge in [0, 0.05) is 12.3 Å². The molecule has 1 aliphatic carbocycles. The summed E-state index contributed by atoms with van der Waals surface area (Å²) in [5, 5.41) is 9.52. The highest BCUT2D eigenvalue weighted by molar-refractivity contribution is 5.05. The van der Waals surface area contributed by atoms with Gasteiger partial charge in [-0.05, 0) is 31.6 Å². The molecule has 0 saturated heterocycles. The van der Waals surface area contributed by atoms with Gasteiger partial charge in [0.15, 0.2) is 0 Å². The molecule has 1 fully saturated rings. The van der Waals surface area contributed by atoms with Gasteiger partial charge in [-0.15, -0.1) is 19.1 Å². The van der Waals surface area contributed by atoms with Crippen molar-refractivity contribution in [3.05, 3.63) is 25.3 Å². The van der Waals surface area contributed by atoms with Crippen molar-refractivity contribution < 1.29 is 5.11 Å². The normalized spacial score (nSPS) is 19.4. The molecule has 0 aliphatic heterocycles. The third-order valence-corrected chi connectivity index (χ3v) is 3.70. The van der Waals surface area contributed by atoms with Crippen molar-refractivity contribution in [1.82, 2.24) is 0 Å². The SMILES string of the molecule is C=C[C@@H](CCC#CC1CCCCC1)C[C@@H](O)C=C. The van der Waals surface area contributed by atoms with Gasteiger partial charge in [-0.25, -0.2) is 0 Å². The van der Waals surface area contributed by atoms with Crippen LogP contribution in [-0.2, 0) is 0 Å². The highest BCUT2D eigenvalue weighted by Gasteiger charge is 2.10. The van der Waals surface area contributed by atoms with Crippen molar-refractivity contribution >= 4 is 0 Å². The lowest BCUT2D eigenvalue weighted by Crippen LogP contribution is -2.09. The number of hydrogen-bond acceptors (Lipinski definition) is 1. The molecule has 100 valence electrons. The predicted octanol–water partition coefficient (Wildman–Crippen LogP) is 4.09. The molecule has 1 heteroatoms. The highest BCUT2D eigenvalue weighted by Crippen LogP contribution is 2.23. The number of allylic oxidation sites excluding steroid dienone is 1. The summed E-state index contributed by atoms with van der Waals surface area (Å²) in [7, 11) is 0. The molecule has 0 radical (unpaired) electrons. The average molecular weight is 246 g/mol. The Kier molecular flexibility index (Phi) is 7.53. The van der Waals surface area contributed by atoms with Crippen LogP contribution in [0.4, 0.5) is 0 Å². The minimum absolute atomic E-state index is 0.346. The second kappa shape index (κ2) is 9.00. The van der Waals surface area contributed by atoms with E-state index in [-0.39, 0.29) is 0 Å². The highest BCUT2D eigenvalue weighted by atomic mass is 16.3. The summed E-state index contributed by atoms with van der Waals surface area (Å²) in [6, 6.07) is 0. The van der Waals surface area contributed by atoms with E-state index in [1.807, 2.05) is 6.08 Å². The van der Waals surface area contributed by atoms with Gasteiger partial charge in [0.2, 0.25) is 0 Å². The summed E-state index contributed by atoms with van der Waals surface area (Å²) in [6.45, 7) is 7.42. The molecule has 0 bridgehead atoms. The van der Waals surface area contributed by atoms with E-state index in [0.717, 1.165) is 19.3 Å². The molecule has 1 N–H and O–H groups in total.